The summed E-state index contributed by atoms with van der Waals surface area (Å²) < 4.78 is 16.2. The molecule has 2 unspecified atom stereocenters. The fraction of sp³-hybridized carbons (Fsp3) is 0.529. The summed E-state index contributed by atoms with van der Waals surface area (Å²) in [5, 5.41) is 0. The van der Waals surface area contributed by atoms with E-state index >= 15 is 0 Å². The minimum absolute atomic E-state index is 0.261. The van der Waals surface area contributed by atoms with Gasteiger partial charge in [0.15, 0.2) is 5.41 Å². The van der Waals surface area contributed by atoms with E-state index in [-0.39, 0.29) is 12.5 Å². The zero-order valence-electron chi connectivity index (χ0n) is 13.0. The largest absolute Gasteiger partial charge is 0.468 e. The highest BCUT2D eigenvalue weighted by atomic mass is 16.6. The second-order valence-corrected chi connectivity index (χ2v) is 5.92. The SMILES string of the molecule is CCC12Cc3ccccc3C(CC1(C(=O)OC)C(=O)OC)O2. The van der Waals surface area contributed by atoms with Gasteiger partial charge in [-0.05, 0) is 17.5 Å². The average molecular weight is 304 g/mol. The van der Waals surface area contributed by atoms with E-state index in [9.17, 15) is 9.59 Å². The standard InChI is InChI=1S/C17H20O5/c1-4-16-9-11-7-5-6-8-12(11)13(22-16)10-17(16,14(18)20-2)15(19)21-3/h5-8,13H,4,9-10H2,1-3H3. The van der Waals surface area contributed by atoms with Gasteiger partial charge >= 0.3 is 11.9 Å². The third-order valence-electron chi connectivity index (χ3n) is 5.15. The molecular weight excluding hydrogens is 284 g/mol. The van der Waals surface area contributed by atoms with Crippen molar-refractivity contribution < 1.29 is 23.8 Å². The molecule has 118 valence electrons. The van der Waals surface area contributed by atoms with Gasteiger partial charge in [0.1, 0.15) is 0 Å². The lowest BCUT2D eigenvalue weighted by molar-refractivity contribution is -0.185. The van der Waals surface area contributed by atoms with Crippen molar-refractivity contribution in [3.05, 3.63) is 35.4 Å². The minimum atomic E-state index is -1.41. The lowest BCUT2D eigenvalue weighted by Gasteiger charge is -2.41. The van der Waals surface area contributed by atoms with E-state index in [1.807, 2.05) is 31.2 Å². The predicted molar refractivity (Wildman–Crippen MR) is 78.1 cm³/mol. The summed E-state index contributed by atoms with van der Waals surface area (Å²) in [5.41, 5.74) is -0.155. The van der Waals surface area contributed by atoms with Crippen molar-refractivity contribution >= 4 is 11.9 Å². The van der Waals surface area contributed by atoms with Crippen LogP contribution in [0.15, 0.2) is 24.3 Å². The van der Waals surface area contributed by atoms with Gasteiger partial charge in [-0.2, -0.15) is 0 Å². The topological polar surface area (TPSA) is 61.8 Å². The van der Waals surface area contributed by atoms with E-state index in [4.69, 9.17) is 14.2 Å². The lowest BCUT2D eigenvalue weighted by Crippen LogP contribution is -2.57. The second-order valence-electron chi connectivity index (χ2n) is 5.92. The zero-order valence-corrected chi connectivity index (χ0v) is 13.0. The van der Waals surface area contributed by atoms with Crippen molar-refractivity contribution in [2.24, 2.45) is 5.41 Å². The van der Waals surface area contributed by atoms with Gasteiger partial charge in [0, 0.05) is 12.8 Å². The first-order valence-electron chi connectivity index (χ1n) is 7.47. The first-order valence-corrected chi connectivity index (χ1v) is 7.47. The number of carbonyl (C=O) groups is 2. The van der Waals surface area contributed by atoms with Gasteiger partial charge in [0.25, 0.3) is 0 Å². The molecule has 2 bridgehead atoms. The summed E-state index contributed by atoms with van der Waals surface area (Å²) in [4.78, 5) is 25.2. The summed E-state index contributed by atoms with van der Waals surface area (Å²) >= 11 is 0. The van der Waals surface area contributed by atoms with E-state index in [0.717, 1.165) is 11.1 Å². The van der Waals surface area contributed by atoms with Crippen LogP contribution in [0.5, 0.6) is 0 Å². The Hall–Kier alpha value is -1.88. The number of hydrogen-bond donors (Lipinski definition) is 0. The third-order valence-corrected chi connectivity index (χ3v) is 5.15. The van der Waals surface area contributed by atoms with Crippen LogP contribution in [0, 0.1) is 5.41 Å². The van der Waals surface area contributed by atoms with Gasteiger partial charge in [-0.1, -0.05) is 31.2 Å². The maximum atomic E-state index is 12.6. The Morgan fingerprint density at radius 3 is 2.45 bits per heavy atom. The van der Waals surface area contributed by atoms with E-state index in [2.05, 4.69) is 0 Å². The van der Waals surface area contributed by atoms with E-state index in [0.29, 0.717) is 12.8 Å². The Labute approximate surface area is 129 Å². The summed E-state index contributed by atoms with van der Waals surface area (Å²) in [6, 6.07) is 7.92. The van der Waals surface area contributed by atoms with Crippen LogP contribution in [0.25, 0.3) is 0 Å². The molecule has 1 aromatic carbocycles. The van der Waals surface area contributed by atoms with Crippen LogP contribution < -0.4 is 0 Å². The fourth-order valence-electron chi connectivity index (χ4n) is 4.04. The van der Waals surface area contributed by atoms with E-state index < -0.39 is 23.0 Å². The molecule has 3 rings (SSSR count). The lowest BCUT2D eigenvalue weighted by atomic mass is 9.68. The Kier molecular flexibility index (Phi) is 3.48. The minimum Gasteiger partial charge on any atom is -0.468 e. The molecule has 0 N–H and O–H groups in total. The second kappa shape index (κ2) is 5.09. The molecule has 1 aromatic rings. The van der Waals surface area contributed by atoms with Crippen molar-refractivity contribution in [1.29, 1.82) is 0 Å². The number of ether oxygens (including phenoxy) is 3. The van der Waals surface area contributed by atoms with Crippen LogP contribution in [-0.2, 0) is 30.2 Å². The molecule has 0 amide bonds. The van der Waals surface area contributed by atoms with Crippen molar-refractivity contribution in [2.45, 2.75) is 37.9 Å². The first-order chi connectivity index (χ1) is 10.5. The van der Waals surface area contributed by atoms with Gasteiger partial charge in [-0.3, -0.25) is 9.59 Å². The molecule has 2 aliphatic rings. The Morgan fingerprint density at radius 1 is 1.23 bits per heavy atom. The molecule has 1 fully saturated rings. The molecule has 2 aliphatic heterocycles. The van der Waals surface area contributed by atoms with Gasteiger partial charge in [0.2, 0.25) is 0 Å². The summed E-state index contributed by atoms with van der Waals surface area (Å²) in [5.74, 6) is -1.15. The van der Waals surface area contributed by atoms with Gasteiger partial charge in [-0.15, -0.1) is 0 Å². The highest BCUT2D eigenvalue weighted by Gasteiger charge is 2.70. The first kappa shape index (κ1) is 15.0. The monoisotopic (exact) mass is 304 g/mol. The van der Waals surface area contributed by atoms with Gasteiger partial charge in [-0.25, -0.2) is 0 Å². The molecule has 0 aliphatic carbocycles. The molecule has 2 heterocycles. The Bertz CT molecular complexity index is 607. The molecule has 0 aromatic heterocycles. The number of esters is 2. The maximum Gasteiger partial charge on any atom is 0.326 e. The number of benzene rings is 1. The van der Waals surface area contributed by atoms with Crippen molar-refractivity contribution in [2.75, 3.05) is 14.2 Å². The molecule has 5 nitrogen and oxygen atoms in total. The van der Waals surface area contributed by atoms with Crippen LogP contribution in [0.3, 0.4) is 0 Å². The highest BCUT2D eigenvalue weighted by Crippen LogP contribution is 2.59. The van der Waals surface area contributed by atoms with E-state index in [1.54, 1.807) is 0 Å². The zero-order chi connectivity index (χ0) is 16.0. The van der Waals surface area contributed by atoms with Crippen LogP contribution in [0.1, 0.15) is 37.0 Å². The molecule has 0 radical (unpaired) electrons. The highest BCUT2D eigenvalue weighted by molar-refractivity contribution is 6.02. The molecular formula is C17H20O5. The van der Waals surface area contributed by atoms with Crippen molar-refractivity contribution in [3.8, 4) is 0 Å². The fourth-order valence-corrected chi connectivity index (χ4v) is 4.04. The van der Waals surface area contributed by atoms with Gasteiger partial charge < -0.3 is 14.2 Å². The molecule has 0 spiro atoms. The summed E-state index contributed by atoms with van der Waals surface area (Å²) in [6.45, 7) is 1.93. The summed E-state index contributed by atoms with van der Waals surface area (Å²) in [6.07, 6.45) is 1.00. The average Bonchev–Trinajstić information content (AvgIpc) is 2.85. The van der Waals surface area contributed by atoms with Crippen LogP contribution in [-0.4, -0.2) is 31.8 Å². The van der Waals surface area contributed by atoms with Crippen LogP contribution >= 0.6 is 0 Å². The Morgan fingerprint density at radius 2 is 1.86 bits per heavy atom. The number of rotatable bonds is 3. The van der Waals surface area contributed by atoms with Crippen LogP contribution in [0.4, 0.5) is 0 Å². The number of hydrogen-bond acceptors (Lipinski definition) is 5. The molecule has 5 heteroatoms. The van der Waals surface area contributed by atoms with Gasteiger partial charge in [0.05, 0.1) is 25.9 Å². The number of fused-ring (bicyclic) bond motifs is 4. The molecule has 1 saturated heterocycles. The maximum absolute atomic E-state index is 12.6. The third kappa shape index (κ3) is 1.69. The summed E-state index contributed by atoms with van der Waals surface area (Å²) in [7, 11) is 2.59. The number of carbonyl (C=O) groups excluding carboxylic acids is 2. The van der Waals surface area contributed by atoms with Crippen molar-refractivity contribution in [3.63, 3.8) is 0 Å². The molecule has 22 heavy (non-hydrogen) atoms. The quantitative estimate of drug-likeness (QED) is 0.633. The molecule has 0 saturated carbocycles. The number of methoxy groups -OCH3 is 2. The Balaban J connectivity index is 2.18. The van der Waals surface area contributed by atoms with Crippen LogP contribution in [0.2, 0.25) is 0 Å². The van der Waals surface area contributed by atoms with E-state index in [1.165, 1.54) is 14.2 Å². The molecule has 2 atom stereocenters. The predicted octanol–water partition coefficient (Wildman–Crippen LogP) is 2.19. The smallest absolute Gasteiger partial charge is 0.326 e. The van der Waals surface area contributed by atoms with Crippen molar-refractivity contribution in [1.82, 2.24) is 0 Å². The normalized spacial score (nSPS) is 27.9.